The zero-order valence-electron chi connectivity index (χ0n) is 9.67. The zero-order chi connectivity index (χ0) is 13.4. The molecule has 0 saturated heterocycles. The molecule has 0 spiro atoms. The van der Waals surface area contributed by atoms with Gasteiger partial charge in [-0.2, -0.15) is 0 Å². The predicted octanol–water partition coefficient (Wildman–Crippen LogP) is 3.95. The van der Waals surface area contributed by atoms with E-state index in [4.69, 9.17) is 0 Å². The van der Waals surface area contributed by atoms with Crippen LogP contribution in [0, 0.1) is 15.9 Å². The Kier molecular flexibility index (Phi) is 2.87. The average molecular weight is 276 g/mol. The van der Waals surface area contributed by atoms with Crippen molar-refractivity contribution in [2.24, 2.45) is 0 Å². The highest BCUT2D eigenvalue weighted by atomic mass is 32.2. The van der Waals surface area contributed by atoms with Gasteiger partial charge in [0.25, 0.3) is 5.69 Å². The van der Waals surface area contributed by atoms with E-state index in [2.05, 4.69) is 5.32 Å². The van der Waals surface area contributed by atoms with E-state index in [1.807, 2.05) is 0 Å². The minimum absolute atomic E-state index is 0.0439. The third-order valence-electron chi connectivity index (χ3n) is 2.88. The van der Waals surface area contributed by atoms with Gasteiger partial charge in [0.05, 0.1) is 10.6 Å². The Bertz CT molecular complexity index is 646. The molecule has 96 valence electrons. The van der Waals surface area contributed by atoms with Crippen molar-refractivity contribution in [3.05, 3.63) is 64.0 Å². The fraction of sp³-hybridized carbons (Fsp3) is 0.0769. The van der Waals surface area contributed by atoms with Gasteiger partial charge in [-0.3, -0.25) is 10.1 Å². The van der Waals surface area contributed by atoms with E-state index in [0.29, 0.717) is 0 Å². The monoisotopic (exact) mass is 276 g/mol. The van der Waals surface area contributed by atoms with Crippen LogP contribution in [0.3, 0.4) is 0 Å². The lowest BCUT2D eigenvalue weighted by atomic mass is 10.2. The molecule has 2 aromatic rings. The summed E-state index contributed by atoms with van der Waals surface area (Å²) in [5.74, 6) is -0.278. The summed E-state index contributed by atoms with van der Waals surface area (Å²) < 4.78 is 12.9. The van der Waals surface area contributed by atoms with Crippen LogP contribution in [0.15, 0.2) is 47.4 Å². The molecule has 0 aliphatic carbocycles. The van der Waals surface area contributed by atoms with Gasteiger partial charge in [-0.25, -0.2) is 4.39 Å². The van der Waals surface area contributed by atoms with Gasteiger partial charge in [0.1, 0.15) is 11.2 Å². The van der Waals surface area contributed by atoms with E-state index in [-0.39, 0.29) is 16.9 Å². The maximum absolute atomic E-state index is 12.9. The number of fused-ring (bicyclic) bond motifs is 1. The Hall–Kier alpha value is -2.08. The standard InChI is InChI=1S/C13H9FN2O2S/c14-9-3-1-8(2-4-9)13-15-11-7-10(16(17)18)5-6-12(11)19-13/h1-7,13,15H. The third kappa shape index (κ3) is 2.26. The minimum atomic E-state index is -0.419. The van der Waals surface area contributed by atoms with Gasteiger partial charge in [-0.1, -0.05) is 23.9 Å². The molecule has 1 aliphatic rings. The Morgan fingerprint density at radius 3 is 2.63 bits per heavy atom. The fourth-order valence-electron chi connectivity index (χ4n) is 1.93. The summed E-state index contributed by atoms with van der Waals surface area (Å²) in [6, 6.07) is 11.0. The van der Waals surface area contributed by atoms with Crippen molar-refractivity contribution in [1.82, 2.24) is 0 Å². The average Bonchev–Trinajstić information content (AvgIpc) is 2.82. The second kappa shape index (κ2) is 4.55. The largest absolute Gasteiger partial charge is 0.368 e. The predicted molar refractivity (Wildman–Crippen MR) is 71.7 cm³/mol. The molecule has 4 nitrogen and oxygen atoms in total. The number of nitrogens with zero attached hydrogens (tertiary/aromatic N) is 1. The first-order chi connectivity index (χ1) is 9.13. The Labute approximate surface area is 112 Å². The topological polar surface area (TPSA) is 55.2 Å². The van der Waals surface area contributed by atoms with Crippen LogP contribution in [0.5, 0.6) is 0 Å². The molecule has 1 N–H and O–H groups in total. The van der Waals surface area contributed by atoms with Gasteiger partial charge in [0.15, 0.2) is 0 Å². The second-order valence-corrected chi connectivity index (χ2v) is 5.28. The van der Waals surface area contributed by atoms with Gasteiger partial charge in [0.2, 0.25) is 0 Å². The Morgan fingerprint density at radius 2 is 1.95 bits per heavy atom. The molecule has 0 bridgehead atoms. The molecule has 1 aliphatic heterocycles. The molecule has 0 radical (unpaired) electrons. The van der Waals surface area contributed by atoms with Crippen molar-refractivity contribution in [2.45, 2.75) is 10.3 Å². The second-order valence-electron chi connectivity index (χ2n) is 4.13. The number of rotatable bonds is 2. The molecular formula is C13H9FN2O2S. The van der Waals surface area contributed by atoms with E-state index >= 15 is 0 Å². The highest BCUT2D eigenvalue weighted by Crippen LogP contribution is 2.47. The maximum atomic E-state index is 12.9. The number of benzene rings is 2. The van der Waals surface area contributed by atoms with Crippen molar-refractivity contribution in [3.8, 4) is 0 Å². The van der Waals surface area contributed by atoms with Gasteiger partial charge >= 0.3 is 0 Å². The Balaban J connectivity index is 1.87. The molecular weight excluding hydrogens is 267 g/mol. The highest BCUT2D eigenvalue weighted by Gasteiger charge is 2.24. The summed E-state index contributed by atoms with van der Waals surface area (Å²) in [6.45, 7) is 0. The number of hydrogen-bond donors (Lipinski definition) is 1. The van der Waals surface area contributed by atoms with Gasteiger partial charge in [-0.15, -0.1) is 0 Å². The summed E-state index contributed by atoms with van der Waals surface area (Å²) in [7, 11) is 0. The number of halogens is 1. The lowest BCUT2D eigenvalue weighted by molar-refractivity contribution is -0.384. The van der Waals surface area contributed by atoms with Crippen molar-refractivity contribution in [2.75, 3.05) is 5.32 Å². The van der Waals surface area contributed by atoms with Gasteiger partial charge in [-0.05, 0) is 23.8 Å². The van der Waals surface area contributed by atoms with Crippen molar-refractivity contribution >= 4 is 23.1 Å². The van der Waals surface area contributed by atoms with Crippen LogP contribution in [0.2, 0.25) is 0 Å². The molecule has 1 atom stereocenters. The van der Waals surface area contributed by atoms with E-state index in [9.17, 15) is 14.5 Å². The normalized spacial score (nSPS) is 16.8. The molecule has 0 saturated carbocycles. The third-order valence-corrected chi connectivity index (χ3v) is 4.11. The summed E-state index contributed by atoms with van der Waals surface area (Å²) in [5.41, 5.74) is 1.74. The molecule has 2 aromatic carbocycles. The van der Waals surface area contributed by atoms with Crippen LogP contribution < -0.4 is 5.32 Å². The number of nitro benzene ring substituents is 1. The van der Waals surface area contributed by atoms with Crippen LogP contribution in [0.1, 0.15) is 10.9 Å². The lowest BCUT2D eigenvalue weighted by Crippen LogP contribution is -2.01. The van der Waals surface area contributed by atoms with Gasteiger partial charge in [0, 0.05) is 17.0 Å². The van der Waals surface area contributed by atoms with Gasteiger partial charge < -0.3 is 5.32 Å². The quantitative estimate of drug-likeness (QED) is 0.666. The van der Waals surface area contributed by atoms with Crippen LogP contribution in [-0.4, -0.2) is 4.92 Å². The zero-order valence-corrected chi connectivity index (χ0v) is 10.5. The fourth-order valence-corrected chi connectivity index (χ4v) is 3.06. The van der Waals surface area contributed by atoms with Crippen molar-refractivity contribution in [3.63, 3.8) is 0 Å². The Morgan fingerprint density at radius 1 is 1.21 bits per heavy atom. The number of anilines is 1. The summed E-state index contributed by atoms with van der Waals surface area (Å²) in [6.07, 6.45) is 0. The first-order valence-electron chi connectivity index (χ1n) is 5.60. The van der Waals surface area contributed by atoms with Crippen LogP contribution >= 0.6 is 11.8 Å². The van der Waals surface area contributed by atoms with E-state index in [1.54, 1.807) is 30.0 Å². The molecule has 1 heterocycles. The lowest BCUT2D eigenvalue weighted by Gasteiger charge is -2.10. The number of non-ortho nitro benzene ring substituents is 1. The van der Waals surface area contributed by atoms with E-state index in [1.165, 1.54) is 24.3 Å². The smallest absolute Gasteiger partial charge is 0.271 e. The van der Waals surface area contributed by atoms with Crippen LogP contribution in [-0.2, 0) is 0 Å². The van der Waals surface area contributed by atoms with Crippen molar-refractivity contribution in [1.29, 1.82) is 0 Å². The maximum Gasteiger partial charge on any atom is 0.271 e. The first-order valence-corrected chi connectivity index (χ1v) is 6.48. The van der Waals surface area contributed by atoms with Crippen molar-refractivity contribution < 1.29 is 9.31 Å². The highest BCUT2D eigenvalue weighted by molar-refractivity contribution is 8.00. The summed E-state index contributed by atoms with van der Waals surface area (Å²) in [5, 5.41) is 13.9. The van der Waals surface area contributed by atoms with E-state index in [0.717, 1.165) is 16.1 Å². The number of thioether (sulfide) groups is 1. The number of hydrogen-bond acceptors (Lipinski definition) is 4. The summed E-state index contributed by atoms with van der Waals surface area (Å²) >= 11 is 1.56. The van der Waals surface area contributed by atoms with Crippen LogP contribution in [0.25, 0.3) is 0 Å². The minimum Gasteiger partial charge on any atom is -0.368 e. The molecule has 0 amide bonds. The molecule has 6 heteroatoms. The first kappa shape index (κ1) is 12.0. The SMILES string of the molecule is O=[N+]([O-])c1ccc2c(c1)NC(c1ccc(F)cc1)S2. The number of nitrogens with one attached hydrogen (secondary N) is 1. The van der Waals surface area contributed by atoms with E-state index < -0.39 is 4.92 Å². The molecule has 19 heavy (non-hydrogen) atoms. The molecule has 1 unspecified atom stereocenters. The number of nitro groups is 1. The van der Waals surface area contributed by atoms with Crippen LogP contribution in [0.4, 0.5) is 15.8 Å². The molecule has 0 fully saturated rings. The molecule has 3 rings (SSSR count). The summed E-state index contributed by atoms with van der Waals surface area (Å²) in [4.78, 5) is 11.3. The molecule has 0 aromatic heterocycles.